The number of hydrogen-bond acceptors (Lipinski definition) is 4. The summed E-state index contributed by atoms with van der Waals surface area (Å²) in [7, 11) is 0. The summed E-state index contributed by atoms with van der Waals surface area (Å²) in [5.41, 5.74) is 0. The minimum absolute atomic E-state index is 0.210. The summed E-state index contributed by atoms with van der Waals surface area (Å²) in [6, 6.07) is 0.210. The Kier molecular flexibility index (Phi) is 4.47. The van der Waals surface area contributed by atoms with Crippen LogP contribution in [0.3, 0.4) is 0 Å². The van der Waals surface area contributed by atoms with Crippen LogP contribution in [0.2, 0.25) is 0 Å². The third-order valence-corrected chi connectivity index (χ3v) is 4.47. The van der Waals surface area contributed by atoms with Gasteiger partial charge in [-0.3, -0.25) is 0 Å². The van der Waals surface area contributed by atoms with Gasteiger partial charge in [0.25, 0.3) is 0 Å². The standard InChI is InChI=1S/C10H13BrF3N3S/c11-6-7-4-2-1-3-5-17(7)9-15-8(16-18-9)10(12,13)14/h7H,1-6H2. The van der Waals surface area contributed by atoms with Crippen molar-refractivity contribution in [3.05, 3.63) is 5.82 Å². The maximum atomic E-state index is 12.5. The molecule has 1 aromatic heterocycles. The van der Waals surface area contributed by atoms with E-state index in [4.69, 9.17) is 0 Å². The van der Waals surface area contributed by atoms with Crippen LogP contribution in [0.15, 0.2) is 0 Å². The molecule has 102 valence electrons. The normalized spacial score (nSPS) is 22.0. The van der Waals surface area contributed by atoms with Crippen LogP contribution in [0.25, 0.3) is 0 Å². The Morgan fingerprint density at radius 3 is 2.72 bits per heavy atom. The Hall–Kier alpha value is -0.370. The molecule has 1 fully saturated rings. The zero-order valence-electron chi connectivity index (χ0n) is 9.58. The van der Waals surface area contributed by atoms with E-state index in [-0.39, 0.29) is 6.04 Å². The number of alkyl halides is 4. The van der Waals surface area contributed by atoms with Crippen molar-refractivity contribution in [3.63, 3.8) is 0 Å². The first-order chi connectivity index (χ1) is 8.52. The second-order valence-corrected chi connectivity index (χ2v) is 5.63. The van der Waals surface area contributed by atoms with Crippen LogP contribution in [0.5, 0.6) is 0 Å². The first-order valence-corrected chi connectivity index (χ1v) is 7.65. The van der Waals surface area contributed by atoms with Crippen LogP contribution in [0.1, 0.15) is 31.5 Å². The summed E-state index contributed by atoms with van der Waals surface area (Å²) in [5.74, 6) is -1.03. The molecule has 2 heterocycles. The zero-order valence-corrected chi connectivity index (χ0v) is 12.0. The maximum absolute atomic E-state index is 12.5. The summed E-state index contributed by atoms with van der Waals surface area (Å²) in [4.78, 5) is 5.59. The van der Waals surface area contributed by atoms with Crippen LogP contribution in [-0.2, 0) is 6.18 Å². The molecule has 0 aromatic carbocycles. The molecule has 0 saturated carbocycles. The highest BCUT2D eigenvalue weighted by molar-refractivity contribution is 9.09. The molecule has 1 aliphatic rings. The first-order valence-electron chi connectivity index (χ1n) is 5.76. The van der Waals surface area contributed by atoms with E-state index in [9.17, 15) is 13.2 Å². The number of halogens is 4. The molecule has 1 saturated heterocycles. The lowest BCUT2D eigenvalue weighted by Gasteiger charge is -2.27. The molecule has 1 aromatic rings. The lowest BCUT2D eigenvalue weighted by molar-refractivity contribution is -0.144. The molecule has 2 rings (SSSR count). The van der Waals surface area contributed by atoms with Crippen molar-refractivity contribution in [2.75, 3.05) is 16.8 Å². The van der Waals surface area contributed by atoms with Gasteiger partial charge in [0.2, 0.25) is 11.0 Å². The van der Waals surface area contributed by atoms with E-state index >= 15 is 0 Å². The van der Waals surface area contributed by atoms with Gasteiger partial charge in [-0.05, 0) is 12.8 Å². The van der Waals surface area contributed by atoms with Crippen molar-refractivity contribution >= 4 is 32.6 Å². The highest BCUT2D eigenvalue weighted by atomic mass is 79.9. The van der Waals surface area contributed by atoms with Crippen molar-refractivity contribution in [2.45, 2.75) is 37.9 Å². The van der Waals surface area contributed by atoms with Gasteiger partial charge in [-0.1, -0.05) is 28.8 Å². The van der Waals surface area contributed by atoms with Gasteiger partial charge in [0.15, 0.2) is 0 Å². The van der Waals surface area contributed by atoms with Crippen LogP contribution in [0, 0.1) is 0 Å². The quantitative estimate of drug-likeness (QED) is 0.766. The van der Waals surface area contributed by atoms with Gasteiger partial charge in [-0.25, -0.2) is 0 Å². The molecule has 3 nitrogen and oxygen atoms in total. The molecule has 0 radical (unpaired) electrons. The van der Waals surface area contributed by atoms with Crippen LogP contribution < -0.4 is 4.90 Å². The Labute approximate surface area is 116 Å². The third-order valence-electron chi connectivity index (χ3n) is 2.97. The number of aromatic nitrogens is 2. The van der Waals surface area contributed by atoms with E-state index in [2.05, 4.69) is 25.3 Å². The van der Waals surface area contributed by atoms with E-state index in [0.717, 1.165) is 49.1 Å². The molecular weight excluding hydrogens is 331 g/mol. The highest BCUT2D eigenvalue weighted by Crippen LogP contribution is 2.32. The van der Waals surface area contributed by atoms with E-state index in [1.807, 2.05) is 4.90 Å². The Morgan fingerprint density at radius 1 is 1.33 bits per heavy atom. The predicted octanol–water partition coefficient (Wildman–Crippen LogP) is 3.70. The molecule has 0 amide bonds. The lowest BCUT2D eigenvalue weighted by Crippen LogP contribution is -2.36. The lowest BCUT2D eigenvalue weighted by atomic mass is 10.1. The molecule has 1 unspecified atom stereocenters. The second-order valence-electron chi connectivity index (χ2n) is 4.25. The predicted molar refractivity (Wildman–Crippen MR) is 68.3 cm³/mol. The van der Waals surface area contributed by atoms with Crippen LogP contribution in [-0.4, -0.2) is 27.3 Å². The van der Waals surface area contributed by atoms with E-state index in [1.165, 1.54) is 0 Å². The topological polar surface area (TPSA) is 29.0 Å². The van der Waals surface area contributed by atoms with Gasteiger partial charge in [-0.15, -0.1) is 0 Å². The van der Waals surface area contributed by atoms with E-state index in [1.54, 1.807) is 0 Å². The Morgan fingerprint density at radius 2 is 2.11 bits per heavy atom. The fourth-order valence-electron chi connectivity index (χ4n) is 2.04. The Balaban J connectivity index is 2.20. The van der Waals surface area contributed by atoms with Crippen molar-refractivity contribution < 1.29 is 13.2 Å². The molecule has 0 aliphatic carbocycles. The molecule has 18 heavy (non-hydrogen) atoms. The minimum atomic E-state index is -4.45. The monoisotopic (exact) mass is 343 g/mol. The summed E-state index contributed by atoms with van der Waals surface area (Å²) in [5, 5.41) is 1.13. The van der Waals surface area contributed by atoms with Crippen LogP contribution >= 0.6 is 27.5 Å². The van der Waals surface area contributed by atoms with E-state index in [0.29, 0.717) is 5.13 Å². The van der Waals surface area contributed by atoms with Crippen molar-refractivity contribution in [3.8, 4) is 0 Å². The zero-order chi connectivity index (χ0) is 13.2. The number of hydrogen-bond donors (Lipinski definition) is 0. The molecule has 0 bridgehead atoms. The molecule has 8 heteroatoms. The van der Waals surface area contributed by atoms with Crippen molar-refractivity contribution in [1.29, 1.82) is 0 Å². The SMILES string of the molecule is FC(F)(F)c1nsc(N2CCCCCC2CBr)n1. The summed E-state index contributed by atoms with van der Waals surface area (Å²) >= 11 is 4.26. The minimum Gasteiger partial charge on any atom is -0.343 e. The summed E-state index contributed by atoms with van der Waals surface area (Å²) in [6.07, 6.45) is -0.260. The largest absolute Gasteiger partial charge is 0.452 e. The Bertz CT molecular complexity index is 396. The van der Waals surface area contributed by atoms with Gasteiger partial charge >= 0.3 is 6.18 Å². The molecule has 1 aliphatic heterocycles. The van der Waals surface area contributed by atoms with Crippen molar-refractivity contribution in [1.82, 2.24) is 9.36 Å². The molecule has 0 spiro atoms. The molecular formula is C10H13BrF3N3S. The first kappa shape index (κ1) is 14.0. The number of anilines is 1. The fourth-order valence-corrected chi connectivity index (χ4v) is 3.50. The van der Waals surface area contributed by atoms with Crippen molar-refractivity contribution in [2.24, 2.45) is 0 Å². The number of nitrogens with zero attached hydrogens (tertiary/aromatic N) is 3. The number of rotatable bonds is 2. The fraction of sp³-hybridized carbons (Fsp3) is 0.800. The van der Waals surface area contributed by atoms with Gasteiger partial charge in [0, 0.05) is 29.4 Å². The summed E-state index contributed by atoms with van der Waals surface area (Å²) < 4.78 is 40.9. The van der Waals surface area contributed by atoms with Gasteiger partial charge in [0.1, 0.15) is 0 Å². The van der Waals surface area contributed by atoms with Gasteiger partial charge < -0.3 is 4.90 Å². The smallest absolute Gasteiger partial charge is 0.343 e. The third kappa shape index (κ3) is 3.14. The molecule has 0 N–H and O–H groups in total. The van der Waals surface area contributed by atoms with Gasteiger partial charge in [0.05, 0.1) is 0 Å². The van der Waals surface area contributed by atoms with Crippen LogP contribution in [0.4, 0.5) is 18.3 Å². The maximum Gasteiger partial charge on any atom is 0.452 e. The average Bonchev–Trinajstić information content (AvgIpc) is 2.68. The van der Waals surface area contributed by atoms with Gasteiger partial charge in [-0.2, -0.15) is 22.5 Å². The van der Waals surface area contributed by atoms with E-state index < -0.39 is 12.0 Å². The highest BCUT2D eigenvalue weighted by Gasteiger charge is 2.37. The summed E-state index contributed by atoms with van der Waals surface area (Å²) in [6.45, 7) is 0.753. The second kappa shape index (κ2) is 5.73. The molecule has 1 atom stereocenters. The average molecular weight is 344 g/mol.